The van der Waals surface area contributed by atoms with E-state index in [2.05, 4.69) is 24.3 Å². The van der Waals surface area contributed by atoms with E-state index >= 15 is 0 Å². The van der Waals surface area contributed by atoms with E-state index in [0.717, 1.165) is 19.5 Å². The normalized spacial score (nSPS) is 18.2. The number of hydrogen-bond donors (Lipinski definition) is 2. The molecule has 0 radical (unpaired) electrons. The molecule has 0 aliphatic carbocycles. The lowest BCUT2D eigenvalue weighted by Gasteiger charge is -2.20. The zero-order valence-electron chi connectivity index (χ0n) is 10.2. The third kappa shape index (κ3) is 2.39. The van der Waals surface area contributed by atoms with Crippen LogP contribution < -0.4 is 11.3 Å². The molecule has 17 heavy (non-hydrogen) atoms. The molecule has 0 bridgehead atoms. The first-order valence-corrected chi connectivity index (χ1v) is 5.73. The largest absolute Gasteiger partial charge is 0.338 e. The van der Waals surface area contributed by atoms with Crippen LogP contribution in [0.2, 0.25) is 0 Å². The van der Waals surface area contributed by atoms with Crippen LogP contribution in [0.3, 0.4) is 0 Å². The zero-order chi connectivity index (χ0) is 12.5. The summed E-state index contributed by atoms with van der Waals surface area (Å²) in [7, 11) is 0. The summed E-state index contributed by atoms with van der Waals surface area (Å²) in [5.41, 5.74) is 3.89. The maximum absolute atomic E-state index is 12.3. The topological polar surface area (TPSA) is 71.2 Å². The van der Waals surface area contributed by atoms with Crippen molar-refractivity contribution in [3.8, 4) is 0 Å². The van der Waals surface area contributed by atoms with E-state index in [0.29, 0.717) is 11.3 Å². The Labute approximate surface area is 101 Å². The number of rotatable bonds is 2. The van der Waals surface area contributed by atoms with Crippen LogP contribution in [0.15, 0.2) is 18.5 Å². The first kappa shape index (κ1) is 11.9. The number of amides is 1. The highest BCUT2D eigenvalue weighted by Gasteiger charge is 2.33. The summed E-state index contributed by atoms with van der Waals surface area (Å²) in [5.74, 6) is 5.39. The van der Waals surface area contributed by atoms with E-state index in [4.69, 9.17) is 5.84 Å². The number of anilines is 1. The van der Waals surface area contributed by atoms with Crippen LogP contribution in [0, 0.1) is 5.41 Å². The second-order valence-electron chi connectivity index (χ2n) is 5.21. The van der Waals surface area contributed by atoms with Crippen molar-refractivity contribution in [3.05, 3.63) is 24.0 Å². The number of likely N-dealkylation sites (tertiary alicyclic amines) is 1. The highest BCUT2D eigenvalue weighted by atomic mass is 16.2. The lowest BCUT2D eigenvalue weighted by Crippen LogP contribution is -2.31. The van der Waals surface area contributed by atoms with Gasteiger partial charge in [-0.3, -0.25) is 15.6 Å². The Morgan fingerprint density at radius 2 is 2.35 bits per heavy atom. The van der Waals surface area contributed by atoms with Crippen LogP contribution in [0.25, 0.3) is 0 Å². The van der Waals surface area contributed by atoms with Crippen LogP contribution in [-0.2, 0) is 0 Å². The number of pyridine rings is 1. The van der Waals surface area contributed by atoms with Crippen LogP contribution in [0.1, 0.15) is 30.6 Å². The van der Waals surface area contributed by atoms with E-state index in [1.807, 2.05) is 4.90 Å². The Morgan fingerprint density at radius 1 is 1.59 bits per heavy atom. The van der Waals surface area contributed by atoms with Crippen molar-refractivity contribution >= 4 is 11.6 Å². The van der Waals surface area contributed by atoms with Gasteiger partial charge in [0.15, 0.2) is 0 Å². The number of hydrazine groups is 1. The maximum Gasteiger partial charge on any atom is 0.257 e. The molecule has 0 saturated carbocycles. The van der Waals surface area contributed by atoms with Gasteiger partial charge in [0.05, 0.1) is 11.3 Å². The van der Waals surface area contributed by atoms with Crippen molar-refractivity contribution in [1.29, 1.82) is 0 Å². The van der Waals surface area contributed by atoms with E-state index in [1.165, 1.54) is 0 Å². The third-order valence-corrected chi connectivity index (χ3v) is 3.17. The van der Waals surface area contributed by atoms with Crippen molar-refractivity contribution in [2.45, 2.75) is 20.3 Å². The molecule has 1 aliphatic heterocycles. The number of aromatic nitrogens is 1. The molecular formula is C12H18N4O. The van der Waals surface area contributed by atoms with E-state index in [1.54, 1.807) is 18.5 Å². The van der Waals surface area contributed by atoms with Crippen LogP contribution in [-0.4, -0.2) is 28.9 Å². The molecule has 1 saturated heterocycles. The van der Waals surface area contributed by atoms with Crippen molar-refractivity contribution in [1.82, 2.24) is 9.88 Å². The molecule has 0 unspecified atom stereocenters. The highest BCUT2D eigenvalue weighted by Crippen LogP contribution is 2.30. The van der Waals surface area contributed by atoms with Gasteiger partial charge in [0.25, 0.3) is 5.91 Å². The van der Waals surface area contributed by atoms with Gasteiger partial charge in [-0.25, -0.2) is 0 Å². The minimum atomic E-state index is -0.00312. The number of carbonyl (C=O) groups excluding carboxylic acids is 1. The molecular weight excluding hydrogens is 216 g/mol. The van der Waals surface area contributed by atoms with E-state index in [-0.39, 0.29) is 11.3 Å². The third-order valence-electron chi connectivity index (χ3n) is 3.17. The summed E-state index contributed by atoms with van der Waals surface area (Å²) in [6.45, 7) is 5.92. The predicted molar refractivity (Wildman–Crippen MR) is 66.3 cm³/mol. The van der Waals surface area contributed by atoms with Crippen molar-refractivity contribution in [2.24, 2.45) is 11.3 Å². The van der Waals surface area contributed by atoms with E-state index < -0.39 is 0 Å². The van der Waals surface area contributed by atoms with Gasteiger partial charge in [-0.15, -0.1) is 0 Å². The molecule has 1 aromatic heterocycles. The Kier molecular flexibility index (Phi) is 3.02. The Morgan fingerprint density at radius 3 is 2.94 bits per heavy atom. The summed E-state index contributed by atoms with van der Waals surface area (Å²) >= 11 is 0. The molecule has 2 rings (SSSR count). The smallest absolute Gasteiger partial charge is 0.257 e. The quantitative estimate of drug-likeness (QED) is 0.596. The van der Waals surface area contributed by atoms with Gasteiger partial charge in [-0.1, -0.05) is 13.8 Å². The molecule has 1 amide bonds. The maximum atomic E-state index is 12.3. The highest BCUT2D eigenvalue weighted by molar-refractivity contribution is 5.99. The minimum Gasteiger partial charge on any atom is -0.338 e. The van der Waals surface area contributed by atoms with E-state index in [9.17, 15) is 4.79 Å². The van der Waals surface area contributed by atoms with Gasteiger partial charge >= 0.3 is 0 Å². The number of nitrogens with zero attached hydrogens (tertiary/aromatic N) is 2. The summed E-state index contributed by atoms with van der Waals surface area (Å²) < 4.78 is 0. The summed E-state index contributed by atoms with van der Waals surface area (Å²) in [6.07, 6.45) is 4.20. The monoisotopic (exact) mass is 234 g/mol. The molecule has 0 atom stereocenters. The second-order valence-corrected chi connectivity index (χ2v) is 5.21. The molecule has 5 nitrogen and oxygen atoms in total. The van der Waals surface area contributed by atoms with Gasteiger partial charge in [0, 0.05) is 25.5 Å². The fourth-order valence-corrected chi connectivity index (χ4v) is 2.15. The van der Waals surface area contributed by atoms with Gasteiger partial charge < -0.3 is 10.3 Å². The fraction of sp³-hybridized carbons (Fsp3) is 0.500. The number of nitrogens with two attached hydrogens (primary N) is 1. The molecule has 1 aromatic rings. The second kappa shape index (κ2) is 4.33. The first-order chi connectivity index (χ1) is 8.03. The first-order valence-electron chi connectivity index (χ1n) is 5.73. The van der Waals surface area contributed by atoms with Gasteiger partial charge in [0.2, 0.25) is 0 Å². The average molecular weight is 234 g/mol. The Bertz CT molecular complexity index is 430. The van der Waals surface area contributed by atoms with Crippen molar-refractivity contribution < 1.29 is 4.79 Å². The lowest BCUT2D eigenvalue weighted by molar-refractivity contribution is 0.0779. The number of nitrogen functional groups attached to an aromatic ring is 1. The molecule has 2 heterocycles. The Hall–Kier alpha value is -1.62. The summed E-state index contributed by atoms with van der Waals surface area (Å²) in [5, 5.41) is 0. The Balaban J connectivity index is 2.20. The minimum absolute atomic E-state index is 0.00312. The van der Waals surface area contributed by atoms with Gasteiger partial charge in [-0.2, -0.15) is 0 Å². The average Bonchev–Trinajstić information content (AvgIpc) is 2.68. The van der Waals surface area contributed by atoms with Gasteiger partial charge in [-0.05, 0) is 17.9 Å². The SMILES string of the molecule is CC1(C)CCN(C(=O)c2cnccc2NN)C1. The molecule has 92 valence electrons. The van der Waals surface area contributed by atoms with Crippen LogP contribution >= 0.6 is 0 Å². The number of hydrogen-bond acceptors (Lipinski definition) is 4. The molecule has 1 aliphatic rings. The number of nitrogens with one attached hydrogen (secondary N) is 1. The fourth-order valence-electron chi connectivity index (χ4n) is 2.15. The summed E-state index contributed by atoms with van der Waals surface area (Å²) in [6, 6.07) is 1.70. The van der Waals surface area contributed by atoms with Crippen LogP contribution in [0.5, 0.6) is 0 Å². The standard InChI is InChI=1S/C12H18N4O/c1-12(2)4-6-16(8-12)11(17)9-7-14-5-3-10(9)15-13/h3,5,7H,4,6,8,13H2,1-2H3,(H,14,15). The number of carbonyl (C=O) groups is 1. The lowest BCUT2D eigenvalue weighted by atomic mass is 9.93. The molecule has 3 N–H and O–H groups in total. The molecule has 5 heteroatoms. The molecule has 0 aromatic carbocycles. The molecule has 0 spiro atoms. The van der Waals surface area contributed by atoms with Crippen LogP contribution in [0.4, 0.5) is 5.69 Å². The zero-order valence-corrected chi connectivity index (χ0v) is 10.2. The van der Waals surface area contributed by atoms with Crippen molar-refractivity contribution in [2.75, 3.05) is 18.5 Å². The predicted octanol–water partition coefficient (Wildman–Crippen LogP) is 1.24. The molecule has 1 fully saturated rings. The van der Waals surface area contributed by atoms with Crippen molar-refractivity contribution in [3.63, 3.8) is 0 Å². The van der Waals surface area contributed by atoms with Gasteiger partial charge in [0.1, 0.15) is 0 Å². The summed E-state index contributed by atoms with van der Waals surface area (Å²) in [4.78, 5) is 18.1.